The number of benzene rings is 1. The van der Waals surface area contributed by atoms with Crippen LogP contribution in [0.1, 0.15) is 5.56 Å². The maximum absolute atomic E-state index is 12.9. The topological polar surface area (TPSA) is 38.5 Å². The van der Waals surface area contributed by atoms with Crippen molar-refractivity contribution in [3.05, 3.63) is 35.4 Å². The maximum atomic E-state index is 12.9. The van der Waals surface area contributed by atoms with Gasteiger partial charge in [0.25, 0.3) is 0 Å². The summed E-state index contributed by atoms with van der Waals surface area (Å²) in [6.45, 7) is 2.91. The fourth-order valence-electron chi connectivity index (χ4n) is 1.43. The first kappa shape index (κ1) is 17.2. The van der Waals surface area contributed by atoms with Gasteiger partial charge in [0.2, 0.25) is 0 Å². The van der Waals surface area contributed by atoms with E-state index in [0.717, 1.165) is 18.2 Å². The molecule has 0 heterocycles. The first-order valence-electron chi connectivity index (χ1n) is 5.53. The second kappa shape index (κ2) is 9.22. The zero-order valence-corrected chi connectivity index (χ0v) is 11.2. The molecule has 0 amide bonds. The van der Waals surface area contributed by atoms with Crippen LogP contribution < -0.4 is 5.73 Å². The molecule has 0 aliphatic rings. The van der Waals surface area contributed by atoms with Crippen molar-refractivity contribution in [1.29, 1.82) is 0 Å². The van der Waals surface area contributed by atoms with Crippen molar-refractivity contribution in [3.8, 4) is 0 Å². The third-order valence-corrected chi connectivity index (χ3v) is 2.32. The van der Waals surface area contributed by atoms with Crippen LogP contribution in [0.15, 0.2) is 18.2 Å². The highest BCUT2D eigenvalue weighted by atomic mass is 35.5. The summed E-state index contributed by atoms with van der Waals surface area (Å²) < 4.78 is 30.9. The highest BCUT2D eigenvalue weighted by molar-refractivity contribution is 5.85. The molecule has 0 saturated heterocycles. The molecule has 0 radical (unpaired) electrons. The molecule has 0 saturated carbocycles. The smallest absolute Gasteiger partial charge is 0.159 e. The van der Waals surface area contributed by atoms with Gasteiger partial charge >= 0.3 is 0 Å². The second-order valence-electron chi connectivity index (χ2n) is 3.89. The number of halogens is 3. The molecule has 1 aromatic rings. The van der Waals surface area contributed by atoms with E-state index < -0.39 is 11.6 Å². The molecule has 6 heteroatoms. The van der Waals surface area contributed by atoms with E-state index >= 15 is 0 Å². The van der Waals surface area contributed by atoms with Crippen LogP contribution in [-0.4, -0.2) is 38.3 Å². The predicted octanol–water partition coefficient (Wildman–Crippen LogP) is 1.79. The normalized spacial score (nSPS) is 10.5. The number of hydrogen-bond acceptors (Lipinski definition) is 3. The molecule has 0 aliphatic heterocycles. The SMILES string of the molecule is CN(CCOCCN)Cc1ccc(F)c(F)c1.Cl. The molecule has 0 unspecified atom stereocenters. The Morgan fingerprint density at radius 1 is 1.22 bits per heavy atom. The van der Waals surface area contributed by atoms with Crippen LogP contribution in [-0.2, 0) is 11.3 Å². The molecule has 0 fully saturated rings. The number of nitrogens with zero attached hydrogens (tertiary/aromatic N) is 1. The van der Waals surface area contributed by atoms with Gasteiger partial charge in [0.05, 0.1) is 13.2 Å². The zero-order chi connectivity index (χ0) is 12.7. The molecule has 0 aliphatic carbocycles. The maximum Gasteiger partial charge on any atom is 0.159 e. The van der Waals surface area contributed by atoms with Crippen LogP contribution >= 0.6 is 12.4 Å². The molecule has 0 atom stereocenters. The van der Waals surface area contributed by atoms with E-state index in [-0.39, 0.29) is 12.4 Å². The molecule has 1 aromatic carbocycles. The lowest BCUT2D eigenvalue weighted by atomic mass is 10.2. The minimum atomic E-state index is -0.817. The molecule has 1 rings (SSSR count). The van der Waals surface area contributed by atoms with Crippen LogP contribution in [0.4, 0.5) is 8.78 Å². The average molecular weight is 281 g/mol. The van der Waals surface area contributed by atoms with Gasteiger partial charge in [-0.25, -0.2) is 8.78 Å². The lowest BCUT2D eigenvalue weighted by Crippen LogP contribution is -2.24. The van der Waals surface area contributed by atoms with Crippen molar-refractivity contribution in [3.63, 3.8) is 0 Å². The van der Waals surface area contributed by atoms with Gasteiger partial charge in [-0.05, 0) is 24.7 Å². The summed E-state index contributed by atoms with van der Waals surface area (Å²) in [7, 11) is 1.90. The van der Waals surface area contributed by atoms with E-state index in [2.05, 4.69) is 0 Å². The second-order valence-corrected chi connectivity index (χ2v) is 3.89. The van der Waals surface area contributed by atoms with Gasteiger partial charge in [-0.3, -0.25) is 4.90 Å². The van der Waals surface area contributed by atoms with Gasteiger partial charge in [0.1, 0.15) is 0 Å². The Morgan fingerprint density at radius 2 is 1.94 bits per heavy atom. The zero-order valence-electron chi connectivity index (χ0n) is 10.4. The Labute approximate surface area is 112 Å². The number of ether oxygens (including phenoxy) is 1. The lowest BCUT2D eigenvalue weighted by Gasteiger charge is -2.16. The van der Waals surface area contributed by atoms with Crippen molar-refractivity contribution in [2.45, 2.75) is 6.54 Å². The van der Waals surface area contributed by atoms with Crippen LogP contribution in [0.3, 0.4) is 0 Å². The van der Waals surface area contributed by atoms with Gasteiger partial charge in [-0.2, -0.15) is 0 Å². The lowest BCUT2D eigenvalue weighted by molar-refractivity contribution is 0.115. The van der Waals surface area contributed by atoms with Crippen LogP contribution in [0.2, 0.25) is 0 Å². The van der Waals surface area contributed by atoms with Gasteiger partial charge < -0.3 is 10.5 Å². The Bertz CT molecular complexity index is 353. The fourth-order valence-corrected chi connectivity index (χ4v) is 1.43. The van der Waals surface area contributed by atoms with E-state index in [1.54, 1.807) is 6.07 Å². The van der Waals surface area contributed by atoms with E-state index in [4.69, 9.17) is 10.5 Å². The largest absolute Gasteiger partial charge is 0.379 e. The Balaban J connectivity index is 0.00000289. The molecule has 0 spiro atoms. The van der Waals surface area contributed by atoms with Gasteiger partial charge in [-0.15, -0.1) is 12.4 Å². The summed E-state index contributed by atoms with van der Waals surface area (Å²) >= 11 is 0. The third-order valence-electron chi connectivity index (χ3n) is 2.32. The number of hydrogen-bond donors (Lipinski definition) is 1. The fraction of sp³-hybridized carbons (Fsp3) is 0.500. The van der Waals surface area contributed by atoms with Gasteiger partial charge in [0, 0.05) is 19.6 Å². The highest BCUT2D eigenvalue weighted by Gasteiger charge is 2.05. The van der Waals surface area contributed by atoms with E-state index in [9.17, 15) is 8.78 Å². The summed E-state index contributed by atoms with van der Waals surface area (Å²) in [5, 5.41) is 0. The molecule has 3 nitrogen and oxygen atoms in total. The van der Waals surface area contributed by atoms with Crippen molar-refractivity contribution in [1.82, 2.24) is 4.90 Å². The monoisotopic (exact) mass is 280 g/mol. The molecular weight excluding hydrogens is 262 g/mol. The Kier molecular flexibility index (Phi) is 8.83. The summed E-state index contributed by atoms with van der Waals surface area (Å²) in [5.41, 5.74) is 6.02. The third kappa shape index (κ3) is 6.26. The van der Waals surface area contributed by atoms with Crippen molar-refractivity contribution in [2.75, 3.05) is 33.4 Å². The number of nitrogens with two attached hydrogens (primary N) is 1. The minimum absolute atomic E-state index is 0. The highest BCUT2D eigenvalue weighted by Crippen LogP contribution is 2.10. The quantitative estimate of drug-likeness (QED) is 0.774. The van der Waals surface area contributed by atoms with Crippen LogP contribution in [0.25, 0.3) is 0 Å². The van der Waals surface area contributed by atoms with E-state index in [1.807, 2.05) is 11.9 Å². The number of likely N-dealkylation sites (N-methyl/N-ethyl adjacent to an activating group) is 1. The summed E-state index contributed by atoms with van der Waals surface area (Å²) in [4.78, 5) is 1.98. The van der Waals surface area contributed by atoms with Gasteiger partial charge in [0.15, 0.2) is 11.6 Å². The molecule has 104 valence electrons. The first-order valence-corrected chi connectivity index (χ1v) is 5.53. The van der Waals surface area contributed by atoms with Crippen molar-refractivity contribution in [2.24, 2.45) is 5.73 Å². The molecular formula is C12H19ClF2N2O. The molecule has 2 N–H and O–H groups in total. The minimum Gasteiger partial charge on any atom is -0.379 e. The van der Waals surface area contributed by atoms with Crippen molar-refractivity contribution < 1.29 is 13.5 Å². The van der Waals surface area contributed by atoms with E-state index in [0.29, 0.717) is 26.3 Å². The predicted molar refractivity (Wildman–Crippen MR) is 69.8 cm³/mol. The van der Waals surface area contributed by atoms with Crippen molar-refractivity contribution >= 4 is 12.4 Å². The molecule has 18 heavy (non-hydrogen) atoms. The summed E-state index contributed by atoms with van der Waals surface area (Å²) in [6.07, 6.45) is 0. The van der Waals surface area contributed by atoms with Crippen LogP contribution in [0, 0.1) is 11.6 Å². The van der Waals surface area contributed by atoms with Gasteiger partial charge in [-0.1, -0.05) is 6.07 Å². The first-order chi connectivity index (χ1) is 8.13. The Morgan fingerprint density at radius 3 is 2.56 bits per heavy atom. The molecule has 0 aromatic heterocycles. The molecule has 0 bridgehead atoms. The summed E-state index contributed by atoms with van der Waals surface area (Å²) in [5.74, 6) is -1.63. The Hall–Kier alpha value is -0.750. The van der Waals surface area contributed by atoms with Crippen LogP contribution in [0.5, 0.6) is 0 Å². The standard InChI is InChI=1S/C12H18F2N2O.ClH/c1-16(5-7-17-6-4-15)9-10-2-3-11(13)12(14)8-10;/h2-3,8H,4-7,9,15H2,1H3;1H. The number of rotatable bonds is 7. The summed E-state index contributed by atoms with van der Waals surface area (Å²) in [6, 6.07) is 3.94. The average Bonchev–Trinajstić information content (AvgIpc) is 2.30. The van der Waals surface area contributed by atoms with E-state index in [1.165, 1.54) is 6.07 Å².